The molecule has 2 unspecified atom stereocenters. The second-order valence-corrected chi connectivity index (χ2v) is 4.93. The molecule has 2 atom stereocenters. The molecule has 0 aromatic carbocycles. The first-order chi connectivity index (χ1) is 8.22. The molecule has 0 aromatic rings. The van der Waals surface area contributed by atoms with Crippen molar-refractivity contribution in [3.05, 3.63) is 0 Å². The largest absolute Gasteiger partial charge is 0.355 e. The number of hydrogen-bond acceptors (Lipinski definition) is 3. The minimum atomic E-state index is 0.141. The Morgan fingerprint density at radius 2 is 2.24 bits per heavy atom. The van der Waals surface area contributed by atoms with Crippen LogP contribution in [0.2, 0.25) is 0 Å². The maximum absolute atomic E-state index is 11.7. The second-order valence-electron chi connectivity index (χ2n) is 4.93. The second kappa shape index (κ2) is 7.67. The highest BCUT2D eigenvalue weighted by Gasteiger charge is 2.29. The molecule has 3 N–H and O–H groups in total. The molecule has 1 heterocycles. The quantitative estimate of drug-likeness (QED) is 0.728. The van der Waals surface area contributed by atoms with Gasteiger partial charge in [-0.15, -0.1) is 0 Å². The lowest BCUT2D eigenvalue weighted by molar-refractivity contribution is -0.123. The van der Waals surface area contributed by atoms with Gasteiger partial charge in [0.05, 0.1) is 6.54 Å². The van der Waals surface area contributed by atoms with Crippen LogP contribution in [0.1, 0.15) is 39.5 Å². The highest BCUT2D eigenvalue weighted by Crippen LogP contribution is 2.25. The smallest absolute Gasteiger partial charge is 0.234 e. The Balaban J connectivity index is 2.46. The van der Waals surface area contributed by atoms with Crippen LogP contribution in [-0.4, -0.2) is 43.0 Å². The van der Waals surface area contributed by atoms with Crippen molar-refractivity contribution in [2.45, 2.75) is 45.6 Å². The Bertz CT molecular complexity index is 233. The first-order valence-electron chi connectivity index (χ1n) is 6.93. The number of likely N-dealkylation sites (tertiary alicyclic amines) is 1. The van der Waals surface area contributed by atoms with Crippen LogP contribution in [0.3, 0.4) is 0 Å². The molecule has 0 spiro atoms. The fourth-order valence-corrected chi connectivity index (χ4v) is 2.73. The van der Waals surface area contributed by atoms with Crippen molar-refractivity contribution in [3.63, 3.8) is 0 Å². The molecule has 1 amide bonds. The Morgan fingerprint density at radius 3 is 2.82 bits per heavy atom. The zero-order valence-corrected chi connectivity index (χ0v) is 11.2. The van der Waals surface area contributed by atoms with Gasteiger partial charge in [0.2, 0.25) is 5.91 Å². The molecule has 4 nitrogen and oxygen atoms in total. The lowest BCUT2D eigenvalue weighted by Crippen LogP contribution is -2.52. The van der Waals surface area contributed by atoms with Crippen LogP contribution < -0.4 is 11.1 Å². The number of nitrogens with zero attached hydrogens (tertiary/aromatic N) is 1. The summed E-state index contributed by atoms with van der Waals surface area (Å²) >= 11 is 0. The number of carbonyl (C=O) groups excluding carboxylic acids is 1. The summed E-state index contributed by atoms with van der Waals surface area (Å²) in [6, 6.07) is 0.390. The number of rotatable bonds is 6. The van der Waals surface area contributed by atoms with Gasteiger partial charge in [-0.25, -0.2) is 0 Å². The van der Waals surface area contributed by atoms with Crippen LogP contribution in [0.5, 0.6) is 0 Å². The predicted octanol–water partition coefficient (Wildman–Crippen LogP) is 0.962. The van der Waals surface area contributed by atoms with Crippen LogP contribution in [0.25, 0.3) is 0 Å². The molecule has 0 saturated carbocycles. The Labute approximate surface area is 105 Å². The van der Waals surface area contributed by atoms with E-state index in [-0.39, 0.29) is 5.91 Å². The molecule has 0 radical (unpaired) electrons. The van der Waals surface area contributed by atoms with Gasteiger partial charge in [-0.2, -0.15) is 0 Å². The minimum Gasteiger partial charge on any atom is -0.355 e. The predicted molar refractivity (Wildman–Crippen MR) is 70.7 cm³/mol. The topological polar surface area (TPSA) is 58.4 Å². The summed E-state index contributed by atoms with van der Waals surface area (Å²) in [4.78, 5) is 14.0. The van der Waals surface area contributed by atoms with E-state index in [1.165, 1.54) is 12.8 Å². The Morgan fingerprint density at radius 1 is 1.47 bits per heavy atom. The van der Waals surface area contributed by atoms with Crippen LogP contribution in [0.15, 0.2) is 0 Å². The number of nitrogens with one attached hydrogen (secondary N) is 1. The molecule has 100 valence electrons. The summed E-state index contributed by atoms with van der Waals surface area (Å²) in [6.45, 7) is 7.25. The van der Waals surface area contributed by atoms with Crippen molar-refractivity contribution < 1.29 is 4.79 Å². The van der Waals surface area contributed by atoms with Gasteiger partial charge in [-0.05, 0) is 31.7 Å². The van der Waals surface area contributed by atoms with E-state index in [1.54, 1.807) is 0 Å². The fraction of sp³-hybridized carbons (Fsp3) is 0.923. The van der Waals surface area contributed by atoms with Crippen LogP contribution in [-0.2, 0) is 4.79 Å². The van der Waals surface area contributed by atoms with E-state index in [0.717, 1.165) is 25.9 Å². The third kappa shape index (κ3) is 4.28. The lowest BCUT2D eigenvalue weighted by Gasteiger charge is -2.40. The van der Waals surface area contributed by atoms with Crippen molar-refractivity contribution in [3.8, 4) is 0 Å². The normalized spacial score (nSPS) is 25.8. The highest BCUT2D eigenvalue weighted by atomic mass is 16.2. The minimum absolute atomic E-state index is 0.141. The van der Waals surface area contributed by atoms with Gasteiger partial charge in [-0.3, -0.25) is 9.69 Å². The van der Waals surface area contributed by atoms with Gasteiger partial charge in [-0.1, -0.05) is 20.3 Å². The molecule has 1 aliphatic rings. The molecule has 1 aliphatic heterocycles. The zero-order valence-electron chi connectivity index (χ0n) is 11.2. The van der Waals surface area contributed by atoms with Crippen LogP contribution in [0.4, 0.5) is 0 Å². The molecular weight excluding hydrogens is 214 g/mol. The first kappa shape index (κ1) is 14.5. The van der Waals surface area contributed by atoms with Crippen LogP contribution >= 0.6 is 0 Å². The molecule has 1 fully saturated rings. The molecule has 1 rings (SSSR count). The average molecular weight is 241 g/mol. The molecule has 4 heteroatoms. The summed E-state index contributed by atoms with van der Waals surface area (Å²) < 4.78 is 0. The average Bonchev–Trinajstić information content (AvgIpc) is 2.35. The van der Waals surface area contributed by atoms with Crippen LogP contribution in [0, 0.1) is 5.92 Å². The first-order valence-corrected chi connectivity index (χ1v) is 6.93. The maximum Gasteiger partial charge on any atom is 0.234 e. The zero-order chi connectivity index (χ0) is 12.7. The summed E-state index contributed by atoms with van der Waals surface area (Å²) in [5, 5.41) is 2.94. The maximum atomic E-state index is 11.7. The Hall–Kier alpha value is -0.610. The highest BCUT2D eigenvalue weighted by molar-refractivity contribution is 5.78. The molecule has 1 saturated heterocycles. The standard InChI is InChI=1S/C13H27N3O/c1-3-7-15-13(17)10-16-8-5-6-11(4-2)12(16)9-14/h11-12H,3-10,14H2,1-2H3,(H,15,17). The number of hydrogen-bond donors (Lipinski definition) is 2. The third-order valence-electron chi connectivity index (χ3n) is 3.72. The van der Waals surface area contributed by atoms with E-state index in [4.69, 9.17) is 5.73 Å². The number of amides is 1. The van der Waals surface area contributed by atoms with Crippen molar-refractivity contribution in [2.75, 3.05) is 26.2 Å². The summed E-state index contributed by atoms with van der Waals surface area (Å²) in [7, 11) is 0. The molecular formula is C13H27N3O. The van der Waals surface area contributed by atoms with Gasteiger partial charge >= 0.3 is 0 Å². The van der Waals surface area contributed by atoms with Crippen molar-refractivity contribution in [2.24, 2.45) is 11.7 Å². The van der Waals surface area contributed by atoms with Crippen molar-refractivity contribution >= 4 is 5.91 Å². The fourth-order valence-electron chi connectivity index (χ4n) is 2.73. The van der Waals surface area contributed by atoms with Gasteiger partial charge in [0.15, 0.2) is 0 Å². The van der Waals surface area contributed by atoms with E-state index in [1.807, 2.05) is 0 Å². The van der Waals surface area contributed by atoms with Gasteiger partial charge < -0.3 is 11.1 Å². The molecule has 0 aromatic heterocycles. The third-order valence-corrected chi connectivity index (χ3v) is 3.72. The number of carbonyl (C=O) groups is 1. The number of nitrogens with two attached hydrogens (primary N) is 1. The SMILES string of the molecule is CCCNC(=O)CN1CCCC(CC)C1CN. The molecule has 0 bridgehead atoms. The number of piperidine rings is 1. The summed E-state index contributed by atoms with van der Waals surface area (Å²) in [6.07, 6.45) is 4.60. The molecule has 17 heavy (non-hydrogen) atoms. The Kier molecular flexibility index (Phi) is 6.52. The summed E-state index contributed by atoms with van der Waals surface area (Å²) in [5.74, 6) is 0.801. The van der Waals surface area contributed by atoms with Gasteiger partial charge in [0, 0.05) is 19.1 Å². The lowest BCUT2D eigenvalue weighted by atomic mass is 9.87. The summed E-state index contributed by atoms with van der Waals surface area (Å²) in [5.41, 5.74) is 5.86. The van der Waals surface area contributed by atoms with E-state index in [0.29, 0.717) is 25.0 Å². The monoisotopic (exact) mass is 241 g/mol. The van der Waals surface area contributed by atoms with Crippen molar-refractivity contribution in [1.29, 1.82) is 0 Å². The van der Waals surface area contributed by atoms with Gasteiger partial charge in [0.25, 0.3) is 0 Å². The van der Waals surface area contributed by atoms with E-state index < -0.39 is 0 Å². The van der Waals surface area contributed by atoms with E-state index in [2.05, 4.69) is 24.1 Å². The van der Waals surface area contributed by atoms with E-state index in [9.17, 15) is 4.79 Å². The van der Waals surface area contributed by atoms with Gasteiger partial charge in [0.1, 0.15) is 0 Å². The molecule has 0 aliphatic carbocycles. The van der Waals surface area contributed by atoms with Crippen molar-refractivity contribution in [1.82, 2.24) is 10.2 Å². The van der Waals surface area contributed by atoms with E-state index >= 15 is 0 Å².